The predicted octanol–water partition coefficient (Wildman–Crippen LogP) is 1.39. The highest BCUT2D eigenvalue weighted by molar-refractivity contribution is 5.84. The van der Waals surface area contributed by atoms with Gasteiger partial charge in [0.1, 0.15) is 6.54 Å². The molecular weight excluding hydrogens is 332 g/mol. The molecule has 150 valence electrons. The lowest BCUT2D eigenvalue weighted by Crippen LogP contribution is -2.49. The molecule has 1 amide bonds. The first-order chi connectivity index (χ1) is 12.5. The molecule has 26 heavy (non-hydrogen) atoms. The van der Waals surface area contributed by atoms with Gasteiger partial charge in [0, 0.05) is 47.5 Å². The van der Waals surface area contributed by atoms with E-state index < -0.39 is 0 Å². The van der Waals surface area contributed by atoms with Crippen LogP contribution in [0.15, 0.2) is 4.99 Å². The molecule has 2 fully saturated rings. The van der Waals surface area contributed by atoms with Gasteiger partial charge in [0.2, 0.25) is 5.91 Å². The van der Waals surface area contributed by atoms with Crippen LogP contribution < -0.4 is 10.6 Å². The minimum Gasteiger partial charge on any atom is -0.385 e. The van der Waals surface area contributed by atoms with E-state index in [1.807, 2.05) is 0 Å². The smallest absolute Gasteiger partial charge is 0.243 e. The van der Waals surface area contributed by atoms with Crippen molar-refractivity contribution >= 4 is 11.9 Å². The zero-order valence-electron chi connectivity index (χ0n) is 16.7. The molecule has 0 spiro atoms. The highest BCUT2D eigenvalue weighted by Gasteiger charge is 2.36. The third-order valence-electron chi connectivity index (χ3n) is 5.52. The lowest BCUT2D eigenvalue weighted by molar-refractivity contribution is -0.127. The fourth-order valence-electron chi connectivity index (χ4n) is 3.42. The fourth-order valence-corrected chi connectivity index (χ4v) is 3.42. The number of amides is 1. The Kier molecular flexibility index (Phi) is 8.65. The van der Waals surface area contributed by atoms with Crippen LogP contribution in [0.5, 0.6) is 0 Å². The molecule has 1 unspecified atom stereocenters. The highest BCUT2D eigenvalue weighted by atomic mass is 16.5. The van der Waals surface area contributed by atoms with Crippen LogP contribution in [0.3, 0.4) is 0 Å². The predicted molar refractivity (Wildman–Crippen MR) is 103 cm³/mol. The van der Waals surface area contributed by atoms with Gasteiger partial charge >= 0.3 is 0 Å². The maximum atomic E-state index is 11.9. The first-order valence-corrected chi connectivity index (χ1v) is 9.87. The molecule has 2 N–H and O–H groups in total. The van der Waals surface area contributed by atoms with Crippen molar-refractivity contribution in [3.63, 3.8) is 0 Å². The van der Waals surface area contributed by atoms with Crippen molar-refractivity contribution < 1.29 is 14.3 Å². The summed E-state index contributed by atoms with van der Waals surface area (Å²) < 4.78 is 11.1. The summed E-state index contributed by atoms with van der Waals surface area (Å²) in [7, 11) is 5.26. The molecule has 1 atom stereocenters. The molecule has 0 aromatic rings. The van der Waals surface area contributed by atoms with Gasteiger partial charge in [0.15, 0.2) is 5.96 Å². The van der Waals surface area contributed by atoms with Gasteiger partial charge in [-0.15, -0.1) is 0 Å². The van der Waals surface area contributed by atoms with E-state index in [9.17, 15) is 4.79 Å². The Bertz CT molecular complexity index is 458. The van der Waals surface area contributed by atoms with Crippen LogP contribution in [0.2, 0.25) is 0 Å². The maximum absolute atomic E-state index is 11.9. The summed E-state index contributed by atoms with van der Waals surface area (Å²) in [6.45, 7) is 3.37. The number of nitrogens with one attached hydrogen (secondary N) is 2. The first kappa shape index (κ1) is 21.0. The van der Waals surface area contributed by atoms with Gasteiger partial charge < -0.3 is 25.0 Å². The number of hydrogen-bond acceptors (Lipinski definition) is 4. The standard InChI is InChI=1S/C19H36N4O3/c1-23(2)17(24)14-21-18(20-13-16-7-4-5-11-26-16)22-15-19(8-6-9-19)10-12-25-3/h16H,4-15H2,1-3H3,(H2,20,21,22). The molecule has 0 bridgehead atoms. The van der Waals surface area contributed by atoms with E-state index in [-0.39, 0.29) is 18.6 Å². The molecule has 1 aliphatic carbocycles. The maximum Gasteiger partial charge on any atom is 0.243 e. The molecule has 0 aromatic heterocycles. The topological polar surface area (TPSA) is 75.2 Å². The second-order valence-electron chi connectivity index (χ2n) is 7.77. The minimum atomic E-state index is -0.00208. The number of carbonyl (C=O) groups excluding carboxylic acids is 1. The number of aliphatic imine (C=N–C) groups is 1. The molecule has 7 heteroatoms. The van der Waals surface area contributed by atoms with Crippen molar-refractivity contribution in [2.75, 3.05) is 54.1 Å². The Morgan fingerprint density at radius 1 is 1.27 bits per heavy atom. The van der Waals surface area contributed by atoms with Crippen LogP contribution in [-0.2, 0) is 14.3 Å². The van der Waals surface area contributed by atoms with Crippen molar-refractivity contribution in [2.24, 2.45) is 10.4 Å². The van der Waals surface area contributed by atoms with E-state index >= 15 is 0 Å². The molecule has 2 aliphatic rings. The number of hydrogen-bond donors (Lipinski definition) is 2. The Morgan fingerprint density at radius 3 is 2.65 bits per heavy atom. The molecule has 1 heterocycles. The zero-order chi connectivity index (χ0) is 18.8. The number of ether oxygens (including phenoxy) is 2. The third kappa shape index (κ3) is 6.76. The van der Waals surface area contributed by atoms with E-state index in [0.29, 0.717) is 11.4 Å². The van der Waals surface area contributed by atoms with Crippen molar-refractivity contribution in [1.29, 1.82) is 0 Å². The molecule has 1 saturated carbocycles. The van der Waals surface area contributed by atoms with Crippen molar-refractivity contribution in [3.8, 4) is 0 Å². The van der Waals surface area contributed by atoms with Crippen LogP contribution in [-0.4, -0.2) is 76.9 Å². The van der Waals surface area contributed by atoms with Crippen molar-refractivity contribution in [2.45, 2.75) is 51.0 Å². The van der Waals surface area contributed by atoms with E-state index in [1.54, 1.807) is 26.1 Å². The number of rotatable bonds is 9. The normalized spacial score (nSPS) is 22.4. The summed E-state index contributed by atoms with van der Waals surface area (Å²) in [5.74, 6) is 0.704. The van der Waals surface area contributed by atoms with Crippen molar-refractivity contribution in [1.82, 2.24) is 15.5 Å². The molecule has 0 aromatic carbocycles. The van der Waals surface area contributed by atoms with Gasteiger partial charge in [-0.25, -0.2) is 4.99 Å². The second kappa shape index (κ2) is 10.7. The number of carbonyl (C=O) groups is 1. The number of nitrogens with zero attached hydrogens (tertiary/aromatic N) is 2. The van der Waals surface area contributed by atoms with Crippen LogP contribution in [0.25, 0.3) is 0 Å². The van der Waals surface area contributed by atoms with Gasteiger partial charge in [-0.1, -0.05) is 6.42 Å². The highest BCUT2D eigenvalue weighted by Crippen LogP contribution is 2.43. The van der Waals surface area contributed by atoms with E-state index in [4.69, 9.17) is 9.47 Å². The molecule has 1 aliphatic heterocycles. The third-order valence-corrected chi connectivity index (χ3v) is 5.52. The van der Waals surface area contributed by atoms with E-state index in [0.717, 1.165) is 45.6 Å². The number of guanidine groups is 1. The molecule has 1 saturated heterocycles. The van der Waals surface area contributed by atoms with E-state index in [2.05, 4.69) is 15.6 Å². The summed E-state index contributed by atoms with van der Waals surface area (Å²) in [4.78, 5) is 17.9. The van der Waals surface area contributed by atoms with Crippen LogP contribution in [0.4, 0.5) is 0 Å². The average molecular weight is 369 g/mol. The van der Waals surface area contributed by atoms with Crippen molar-refractivity contribution in [3.05, 3.63) is 0 Å². The zero-order valence-corrected chi connectivity index (χ0v) is 16.7. The van der Waals surface area contributed by atoms with E-state index in [1.165, 1.54) is 25.7 Å². The quantitative estimate of drug-likeness (QED) is 0.475. The summed E-state index contributed by atoms with van der Waals surface area (Å²) in [6.07, 6.45) is 8.45. The lowest BCUT2D eigenvalue weighted by atomic mass is 9.67. The molecular formula is C19H36N4O3. The first-order valence-electron chi connectivity index (χ1n) is 9.87. The lowest BCUT2D eigenvalue weighted by Gasteiger charge is -2.42. The Balaban J connectivity index is 1.88. The average Bonchev–Trinajstić information content (AvgIpc) is 2.62. The molecule has 0 radical (unpaired) electrons. The van der Waals surface area contributed by atoms with Gasteiger partial charge in [-0.2, -0.15) is 0 Å². The fraction of sp³-hybridized carbons (Fsp3) is 0.895. The Morgan fingerprint density at radius 2 is 2.08 bits per heavy atom. The van der Waals surface area contributed by atoms with Gasteiger partial charge in [-0.05, 0) is 43.9 Å². The summed E-state index contributed by atoms with van der Waals surface area (Å²) >= 11 is 0. The van der Waals surface area contributed by atoms with Gasteiger partial charge in [-0.3, -0.25) is 4.79 Å². The molecule has 7 nitrogen and oxygen atoms in total. The summed E-state index contributed by atoms with van der Waals surface area (Å²) in [5, 5.41) is 6.83. The second-order valence-corrected chi connectivity index (χ2v) is 7.77. The number of methoxy groups -OCH3 is 1. The Labute approximate surface area is 157 Å². The SMILES string of the molecule is COCCC1(CNC(=NCC(=O)N(C)C)NCC2CCCCO2)CCC1. The molecule has 2 rings (SSSR count). The monoisotopic (exact) mass is 368 g/mol. The van der Waals surface area contributed by atoms with Gasteiger partial charge in [0.25, 0.3) is 0 Å². The van der Waals surface area contributed by atoms with Crippen LogP contribution in [0, 0.1) is 5.41 Å². The Hall–Kier alpha value is -1.34. The minimum absolute atomic E-state index is 0.00208. The number of likely N-dealkylation sites (N-methyl/N-ethyl adjacent to an activating group) is 1. The largest absolute Gasteiger partial charge is 0.385 e. The summed E-state index contributed by atoms with van der Waals surface area (Å²) in [5.41, 5.74) is 0.297. The van der Waals surface area contributed by atoms with Gasteiger partial charge in [0.05, 0.1) is 6.10 Å². The summed E-state index contributed by atoms with van der Waals surface area (Å²) in [6, 6.07) is 0. The van der Waals surface area contributed by atoms with Crippen LogP contribution in [0.1, 0.15) is 44.9 Å². The van der Waals surface area contributed by atoms with Crippen LogP contribution >= 0.6 is 0 Å².